The SMILES string of the molecule is CCOc1cc(/C=C2/NC(=O)N(Cc3cccc(F)c3)C2=O)cc(Cl)c1OCC. The quantitative estimate of drug-likeness (QED) is 0.535. The fraction of sp³-hybridized carbons (Fsp3) is 0.238. The molecule has 3 rings (SSSR count). The largest absolute Gasteiger partial charge is 0.490 e. The third kappa shape index (κ3) is 4.68. The van der Waals surface area contributed by atoms with Gasteiger partial charge in [0.05, 0.1) is 24.8 Å². The van der Waals surface area contributed by atoms with Crippen LogP contribution >= 0.6 is 11.6 Å². The molecule has 0 bridgehead atoms. The number of ether oxygens (including phenoxy) is 2. The van der Waals surface area contributed by atoms with Gasteiger partial charge in [0, 0.05) is 0 Å². The van der Waals surface area contributed by atoms with Gasteiger partial charge in [0.15, 0.2) is 11.5 Å². The summed E-state index contributed by atoms with van der Waals surface area (Å²) in [6.07, 6.45) is 1.51. The molecule has 8 heteroatoms. The third-order valence-corrected chi connectivity index (χ3v) is 4.40. The summed E-state index contributed by atoms with van der Waals surface area (Å²) in [4.78, 5) is 25.9. The molecule has 3 amide bonds. The Morgan fingerprint density at radius 1 is 1.14 bits per heavy atom. The van der Waals surface area contributed by atoms with Crippen molar-refractivity contribution in [3.05, 3.63) is 64.1 Å². The van der Waals surface area contributed by atoms with E-state index in [1.54, 1.807) is 18.2 Å². The van der Waals surface area contributed by atoms with E-state index in [1.165, 1.54) is 24.3 Å². The van der Waals surface area contributed by atoms with E-state index < -0.39 is 17.8 Å². The number of carbonyl (C=O) groups excluding carboxylic acids is 2. The highest BCUT2D eigenvalue weighted by Crippen LogP contribution is 2.37. The summed E-state index contributed by atoms with van der Waals surface area (Å²) in [6.45, 7) is 4.47. The molecule has 1 heterocycles. The molecule has 1 aliphatic rings. The zero-order valence-electron chi connectivity index (χ0n) is 16.0. The number of halogens is 2. The van der Waals surface area contributed by atoms with E-state index in [0.717, 1.165) is 4.90 Å². The second-order valence-corrected chi connectivity index (χ2v) is 6.61. The molecule has 29 heavy (non-hydrogen) atoms. The molecule has 1 saturated heterocycles. The van der Waals surface area contributed by atoms with Crippen LogP contribution in [0.25, 0.3) is 6.08 Å². The number of hydrogen-bond acceptors (Lipinski definition) is 4. The lowest BCUT2D eigenvalue weighted by Crippen LogP contribution is -2.30. The lowest BCUT2D eigenvalue weighted by atomic mass is 10.1. The molecule has 0 aliphatic carbocycles. The lowest BCUT2D eigenvalue weighted by Gasteiger charge is -2.13. The van der Waals surface area contributed by atoms with E-state index >= 15 is 0 Å². The van der Waals surface area contributed by atoms with E-state index in [4.69, 9.17) is 21.1 Å². The third-order valence-electron chi connectivity index (χ3n) is 4.12. The fourth-order valence-corrected chi connectivity index (χ4v) is 3.19. The minimum Gasteiger partial charge on any atom is -0.490 e. The maximum atomic E-state index is 13.4. The lowest BCUT2D eigenvalue weighted by molar-refractivity contribution is -0.123. The van der Waals surface area contributed by atoms with Gasteiger partial charge in [-0.15, -0.1) is 0 Å². The number of imide groups is 1. The van der Waals surface area contributed by atoms with Gasteiger partial charge in [0.25, 0.3) is 5.91 Å². The van der Waals surface area contributed by atoms with Crippen molar-refractivity contribution in [3.63, 3.8) is 0 Å². The van der Waals surface area contributed by atoms with Crippen molar-refractivity contribution < 1.29 is 23.5 Å². The van der Waals surface area contributed by atoms with Crippen molar-refractivity contribution in [3.8, 4) is 11.5 Å². The van der Waals surface area contributed by atoms with Crippen LogP contribution in [0.3, 0.4) is 0 Å². The topological polar surface area (TPSA) is 67.9 Å². The molecular weight excluding hydrogens is 399 g/mol. The van der Waals surface area contributed by atoms with E-state index in [9.17, 15) is 14.0 Å². The molecule has 0 aromatic heterocycles. The second-order valence-electron chi connectivity index (χ2n) is 6.21. The summed E-state index contributed by atoms with van der Waals surface area (Å²) < 4.78 is 24.5. The van der Waals surface area contributed by atoms with E-state index in [1.807, 2.05) is 13.8 Å². The molecule has 0 saturated carbocycles. The Hall–Kier alpha value is -3.06. The molecule has 0 unspecified atom stereocenters. The molecule has 1 aliphatic heterocycles. The summed E-state index contributed by atoms with van der Waals surface area (Å²) in [5.74, 6) is -0.0743. The Balaban J connectivity index is 1.87. The predicted octanol–water partition coefficient (Wildman–Crippen LogP) is 4.37. The highest BCUT2D eigenvalue weighted by molar-refractivity contribution is 6.32. The molecule has 2 aromatic rings. The monoisotopic (exact) mass is 418 g/mol. The number of carbonyl (C=O) groups is 2. The van der Waals surface area contributed by atoms with Gasteiger partial charge in [-0.3, -0.25) is 9.69 Å². The summed E-state index contributed by atoms with van der Waals surface area (Å²) in [7, 11) is 0. The van der Waals surface area contributed by atoms with Gasteiger partial charge >= 0.3 is 6.03 Å². The number of amides is 3. The molecule has 0 atom stereocenters. The van der Waals surface area contributed by atoms with Gasteiger partial charge in [-0.25, -0.2) is 9.18 Å². The van der Waals surface area contributed by atoms with Crippen molar-refractivity contribution in [1.82, 2.24) is 10.2 Å². The van der Waals surface area contributed by atoms with Gasteiger partial charge in [0.2, 0.25) is 0 Å². The summed E-state index contributed by atoms with van der Waals surface area (Å²) in [6, 6.07) is 8.48. The Kier molecular flexibility index (Phi) is 6.39. The molecule has 0 radical (unpaired) electrons. The summed E-state index contributed by atoms with van der Waals surface area (Å²) in [5, 5.41) is 2.87. The van der Waals surface area contributed by atoms with E-state index in [0.29, 0.717) is 40.9 Å². The smallest absolute Gasteiger partial charge is 0.329 e. The molecule has 1 N–H and O–H groups in total. The van der Waals surface area contributed by atoms with Crippen LogP contribution < -0.4 is 14.8 Å². The fourth-order valence-electron chi connectivity index (χ4n) is 2.92. The molecular formula is C21H20ClFN2O4. The zero-order valence-corrected chi connectivity index (χ0v) is 16.8. The standard InChI is InChI=1S/C21H20ClFN2O4/c1-3-28-18-11-14(9-16(22)19(18)29-4-2)10-17-20(26)25(21(27)24-17)12-13-6-5-7-15(23)8-13/h5-11H,3-4,12H2,1-2H3,(H,24,27)/b17-10+. The van der Waals surface area contributed by atoms with E-state index in [2.05, 4.69) is 5.32 Å². The number of urea groups is 1. The maximum absolute atomic E-state index is 13.4. The minimum atomic E-state index is -0.576. The van der Waals surface area contributed by atoms with Crippen LogP contribution in [0.1, 0.15) is 25.0 Å². The average molecular weight is 419 g/mol. The van der Waals surface area contributed by atoms with Crippen molar-refractivity contribution in [2.75, 3.05) is 13.2 Å². The van der Waals surface area contributed by atoms with Gasteiger partial charge < -0.3 is 14.8 Å². The predicted molar refractivity (Wildman–Crippen MR) is 107 cm³/mol. The highest BCUT2D eigenvalue weighted by atomic mass is 35.5. The van der Waals surface area contributed by atoms with Crippen LogP contribution in [-0.4, -0.2) is 30.1 Å². The normalized spacial score (nSPS) is 15.0. The Morgan fingerprint density at radius 2 is 1.90 bits per heavy atom. The van der Waals surface area contributed by atoms with Gasteiger partial charge in [0.1, 0.15) is 11.5 Å². The second kappa shape index (κ2) is 8.96. The summed E-state index contributed by atoms with van der Waals surface area (Å²) in [5.41, 5.74) is 1.17. The molecule has 1 fully saturated rings. The molecule has 6 nitrogen and oxygen atoms in total. The van der Waals surface area contributed by atoms with Crippen molar-refractivity contribution >= 4 is 29.6 Å². The van der Waals surface area contributed by atoms with Gasteiger partial charge in [-0.05, 0) is 55.3 Å². The van der Waals surface area contributed by atoms with Crippen molar-refractivity contribution in [2.45, 2.75) is 20.4 Å². The first kappa shape index (κ1) is 20.7. The Bertz CT molecular complexity index is 977. The first-order chi connectivity index (χ1) is 13.9. The highest BCUT2D eigenvalue weighted by Gasteiger charge is 2.33. The number of benzene rings is 2. The Labute approximate surface area is 172 Å². The van der Waals surface area contributed by atoms with Gasteiger partial charge in [-0.1, -0.05) is 23.7 Å². The zero-order chi connectivity index (χ0) is 21.0. The van der Waals surface area contributed by atoms with Crippen LogP contribution in [0.15, 0.2) is 42.1 Å². The molecule has 0 spiro atoms. The molecule has 2 aromatic carbocycles. The van der Waals surface area contributed by atoms with Crippen LogP contribution in [0.4, 0.5) is 9.18 Å². The molecule has 152 valence electrons. The average Bonchev–Trinajstić information content (AvgIpc) is 2.92. The first-order valence-corrected chi connectivity index (χ1v) is 9.48. The maximum Gasteiger partial charge on any atom is 0.329 e. The van der Waals surface area contributed by atoms with Crippen molar-refractivity contribution in [1.29, 1.82) is 0 Å². The van der Waals surface area contributed by atoms with Crippen LogP contribution in [-0.2, 0) is 11.3 Å². The van der Waals surface area contributed by atoms with E-state index in [-0.39, 0.29) is 12.2 Å². The van der Waals surface area contributed by atoms with Crippen molar-refractivity contribution in [2.24, 2.45) is 0 Å². The number of hydrogen-bond donors (Lipinski definition) is 1. The van der Waals surface area contributed by atoms with Gasteiger partial charge in [-0.2, -0.15) is 0 Å². The first-order valence-electron chi connectivity index (χ1n) is 9.11. The number of rotatable bonds is 7. The number of nitrogens with one attached hydrogen (secondary N) is 1. The van der Waals surface area contributed by atoms with Crippen LogP contribution in [0.5, 0.6) is 11.5 Å². The number of nitrogens with zero attached hydrogens (tertiary/aromatic N) is 1. The minimum absolute atomic E-state index is 0.0337. The Morgan fingerprint density at radius 3 is 2.59 bits per heavy atom. The summed E-state index contributed by atoms with van der Waals surface area (Å²) >= 11 is 6.30. The van der Waals surface area contributed by atoms with Crippen LogP contribution in [0.2, 0.25) is 5.02 Å². The van der Waals surface area contributed by atoms with Crippen LogP contribution in [0, 0.1) is 5.82 Å².